The summed E-state index contributed by atoms with van der Waals surface area (Å²) in [6.07, 6.45) is 3.66. The largest absolute Gasteiger partial charge is 0.481 e. The molecule has 2 N–H and O–H groups in total. The summed E-state index contributed by atoms with van der Waals surface area (Å²) in [5.41, 5.74) is 0. The summed E-state index contributed by atoms with van der Waals surface area (Å²) in [5.74, 6) is -1.40. The van der Waals surface area contributed by atoms with Crippen molar-refractivity contribution in [2.75, 3.05) is 13.2 Å². The smallest absolute Gasteiger partial charge is 0.306 e. The van der Waals surface area contributed by atoms with Gasteiger partial charge in [0.05, 0.1) is 19.4 Å². The molecule has 0 fully saturated rings. The van der Waals surface area contributed by atoms with Crippen LogP contribution in [0.3, 0.4) is 0 Å². The van der Waals surface area contributed by atoms with E-state index in [-0.39, 0.29) is 12.8 Å². The highest BCUT2D eigenvalue weighted by atomic mass is 16.5. The first kappa shape index (κ1) is 18.3. The molecule has 0 radical (unpaired) electrons. The van der Waals surface area contributed by atoms with Crippen LogP contribution in [0.4, 0.5) is 0 Å². The molecule has 0 aliphatic carbocycles. The molecule has 0 rings (SSSR count). The third-order valence-corrected chi connectivity index (χ3v) is 1.82. The number of rotatable bonds is 8. The average Bonchev–Trinajstić information content (AvgIpc) is 2.29. The molecule has 0 heterocycles. The van der Waals surface area contributed by atoms with Gasteiger partial charge in [0.2, 0.25) is 0 Å². The number of esters is 1. The van der Waals surface area contributed by atoms with E-state index >= 15 is 0 Å². The van der Waals surface area contributed by atoms with Crippen molar-refractivity contribution >= 4 is 11.9 Å². The maximum Gasteiger partial charge on any atom is 0.306 e. The summed E-state index contributed by atoms with van der Waals surface area (Å²) in [7, 11) is 0. The summed E-state index contributed by atoms with van der Waals surface area (Å²) in [4.78, 5) is 20.8. The predicted molar refractivity (Wildman–Crippen MR) is 64.7 cm³/mol. The minimum atomic E-state index is -0.970. The van der Waals surface area contributed by atoms with E-state index in [4.69, 9.17) is 14.9 Å². The molecule has 0 atom stereocenters. The molecule has 0 aromatic carbocycles. The van der Waals surface area contributed by atoms with Crippen LogP contribution in [0.15, 0.2) is 0 Å². The fraction of sp³-hybridized carbons (Fsp3) is 0.833. The number of carbonyl (C=O) groups excluding carboxylic acids is 1. The highest BCUT2D eigenvalue weighted by molar-refractivity contribution is 5.76. The maximum absolute atomic E-state index is 10.7. The van der Waals surface area contributed by atoms with Crippen molar-refractivity contribution in [1.29, 1.82) is 0 Å². The molecule has 0 bridgehead atoms. The van der Waals surface area contributed by atoms with E-state index in [9.17, 15) is 9.59 Å². The van der Waals surface area contributed by atoms with E-state index in [0.29, 0.717) is 13.2 Å². The number of carboxylic acids is 1. The van der Waals surface area contributed by atoms with Gasteiger partial charge in [-0.05, 0) is 12.8 Å². The quantitative estimate of drug-likeness (QED) is 0.507. The third-order valence-electron chi connectivity index (χ3n) is 1.82. The van der Waals surface area contributed by atoms with Crippen LogP contribution in [-0.4, -0.2) is 35.4 Å². The number of ether oxygens (including phenoxy) is 1. The van der Waals surface area contributed by atoms with Gasteiger partial charge in [-0.25, -0.2) is 0 Å². The van der Waals surface area contributed by atoms with Crippen LogP contribution >= 0.6 is 0 Å². The zero-order chi connectivity index (χ0) is 13.5. The molecule has 0 unspecified atom stereocenters. The van der Waals surface area contributed by atoms with E-state index < -0.39 is 11.9 Å². The second-order valence-corrected chi connectivity index (χ2v) is 3.54. The molecule has 102 valence electrons. The molecule has 0 aromatic rings. The van der Waals surface area contributed by atoms with Gasteiger partial charge in [0.25, 0.3) is 0 Å². The molecule has 5 nitrogen and oxygen atoms in total. The lowest BCUT2D eigenvalue weighted by atomic mass is 10.3. The number of aliphatic hydroxyl groups excluding tert-OH is 1. The number of carboxylic acid groups (broad SMARTS) is 1. The highest BCUT2D eigenvalue weighted by Gasteiger charge is 2.05. The van der Waals surface area contributed by atoms with Crippen molar-refractivity contribution in [3.8, 4) is 0 Å². The number of hydrogen-bond acceptors (Lipinski definition) is 4. The Morgan fingerprint density at radius 3 is 2.00 bits per heavy atom. The maximum atomic E-state index is 10.7. The fourth-order valence-electron chi connectivity index (χ4n) is 0.770. The van der Waals surface area contributed by atoms with Gasteiger partial charge >= 0.3 is 11.9 Å². The molecule has 0 aromatic heterocycles. The van der Waals surface area contributed by atoms with Gasteiger partial charge in [-0.1, -0.05) is 26.7 Å². The van der Waals surface area contributed by atoms with Crippen molar-refractivity contribution in [2.24, 2.45) is 0 Å². The van der Waals surface area contributed by atoms with E-state index in [1.54, 1.807) is 0 Å². The van der Waals surface area contributed by atoms with Gasteiger partial charge in [0.15, 0.2) is 0 Å². The Morgan fingerprint density at radius 2 is 1.65 bits per heavy atom. The van der Waals surface area contributed by atoms with Gasteiger partial charge < -0.3 is 14.9 Å². The topological polar surface area (TPSA) is 83.8 Å². The van der Waals surface area contributed by atoms with Gasteiger partial charge in [0.1, 0.15) is 0 Å². The van der Waals surface area contributed by atoms with E-state index in [2.05, 4.69) is 6.92 Å². The average molecular weight is 248 g/mol. The molecule has 5 heteroatoms. The number of unbranched alkanes of at least 4 members (excludes halogenated alkanes) is 2. The summed E-state index contributed by atoms with van der Waals surface area (Å²) >= 11 is 0. The molecule has 0 aliphatic rings. The Hall–Kier alpha value is -1.10. The minimum absolute atomic E-state index is 0.0287. The van der Waals surface area contributed by atoms with Gasteiger partial charge in [-0.15, -0.1) is 0 Å². The molecule has 0 saturated heterocycles. The third kappa shape index (κ3) is 20.9. The zero-order valence-electron chi connectivity index (χ0n) is 10.8. The van der Waals surface area contributed by atoms with Crippen molar-refractivity contribution in [3.63, 3.8) is 0 Å². The summed E-state index contributed by atoms with van der Waals surface area (Å²) in [5, 5.41) is 16.3. The monoisotopic (exact) mass is 248 g/mol. The molecular formula is C12H24O5. The first-order valence-electron chi connectivity index (χ1n) is 6.06. The predicted octanol–water partition coefficient (Wildman–Crippen LogP) is 1.97. The molecule has 0 spiro atoms. The van der Waals surface area contributed by atoms with Crippen molar-refractivity contribution in [2.45, 2.75) is 52.4 Å². The van der Waals surface area contributed by atoms with Crippen LogP contribution in [0.2, 0.25) is 0 Å². The van der Waals surface area contributed by atoms with Crippen LogP contribution in [0.25, 0.3) is 0 Å². The molecular weight excluding hydrogens is 224 g/mol. The van der Waals surface area contributed by atoms with Crippen LogP contribution in [0.1, 0.15) is 52.4 Å². The number of aliphatic hydroxyl groups is 1. The van der Waals surface area contributed by atoms with Crippen molar-refractivity contribution in [3.05, 3.63) is 0 Å². The van der Waals surface area contributed by atoms with E-state index in [1.807, 2.05) is 6.92 Å². The summed E-state index contributed by atoms with van der Waals surface area (Å²) in [6.45, 7) is 4.78. The molecule has 0 saturated carbocycles. The second-order valence-electron chi connectivity index (χ2n) is 3.54. The van der Waals surface area contributed by atoms with Crippen LogP contribution in [0.5, 0.6) is 0 Å². The highest BCUT2D eigenvalue weighted by Crippen LogP contribution is 1.95. The Bertz CT molecular complexity index is 189. The molecule has 17 heavy (non-hydrogen) atoms. The first-order valence-corrected chi connectivity index (χ1v) is 6.06. The van der Waals surface area contributed by atoms with Gasteiger partial charge in [-0.2, -0.15) is 0 Å². The summed E-state index contributed by atoms with van der Waals surface area (Å²) < 4.78 is 4.73. The van der Waals surface area contributed by atoms with Crippen molar-refractivity contribution < 1.29 is 24.5 Å². The Kier molecular flexibility index (Phi) is 16.0. The number of aliphatic carboxylic acids is 1. The van der Waals surface area contributed by atoms with Gasteiger partial charge in [0, 0.05) is 6.61 Å². The normalized spacial score (nSPS) is 9.12. The number of hydrogen-bond donors (Lipinski definition) is 2. The summed E-state index contributed by atoms with van der Waals surface area (Å²) in [6, 6.07) is 0. The Balaban J connectivity index is 0. The lowest BCUT2D eigenvalue weighted by Crippen LogP contribution is -2.08. The van der Waals surface area contributed by atoms with Crippen LogP contribution < -0.4 is 0 Å². The lowest BCUT2D eigenvalue weighted by Gasteiger charge is -2.01. The SMILES string of the molecule is CCCCO.CCCCOC(=O)CCC(=O)O. The molecule has 0 aliphatic heterocycles. The molecule has 0 amide bonds. The second kappa shape index (κ2) is 14.9. The minimum Gasteiger partial charge on any atom is -0.481 e. The van der Waals surface area contributed by atoms with E-state index in [1.165, 1.54) is 0 Å². The van der Waals surface area contributed by atoms with E-state index in [0.717, 1.165) is 25.7 Å². The Labute approximate surface area is 103 Å². The Morgan fingerprint density at radius 1 is 1.06 bits per heavy atom. The zero-order valence-corrected chi connectivity index (χ0v) is 10.8. The standard InChI is InChI=1S/C8H14O4.C4H10O/c1-2-3-6-12-8(11)5-4-7(9)10;1-2-3-4-5/h2-6H2,1H3,(H,9,10);5H,2-4H2,1H3. The van der Waals surface area contributed by atoms with Gasteiger partial charge in [-0.3, -0.25) is 9.59 Å². The van der Waals surface area contributed by atoms with Crippen LogP contribution in [0, 0.1) is 0 Å². The van der Waals surface area contributed by atoms with Crippen LogP contribution in [-0.2, 0) is 14.3 Å². The fourth-order valence-corrected chi connectivity index (χ4v) is 0.770. The first-order chi connectivity index (χ1) is 8.08. The number of carbonyl (C=O) groups is 2. The lowest BCUT2D eigenvalue weighted by molar-refractivity contribution is -0.147. The van der Waals surface area contributed by atoms with Crippen molar-refractivity contribution in [1.82, 2.24) is 0 Å².